The zero-order chi connectivity index (χ0) is 15.9. The Balaban J connectivity index is 3.06. The highest BCUT2D eigenvalue weighted by Crippen LogP contribution is 2.28. The van der Waals surface area contributed by atoms with E-state index in [2.05, 4.69) is 0 Å². The first-order valence-corrected chi connectivity index (χ1v) is 9.95. The Morgan fingerprint density at radius 1 is 1.33 bits per heavy atom. The number of aryl methyl sites for hydroxylation is 1. The first-order chi connectivity index (χ1) is 10.0. The molecule has 0 radical (unpaired) electrons. The van der Waals surface area contributed by atoms with Crippen molar-refractivity contribution in [3.8, 4) is 0 Å². The van der Waals surface area contributed by atoms with Crippen molar-refractivity contribution >= 4 is 33.0 Å². The number of rotatable bonds is 10. The molecule has 1 aromatic heterocycles. The molecular weight excluding hydrogens is 330 g/mol. The van der Waals surface area contributed by atoms with Gasteiger partial charge in [0, 0.05) is 30.5 Å². The van der Waals surface area contributed by atoms with E-state index >= 15 is 0 Å². The van der Waals surface area contributed by atoms with Gasteiger partial charge in [0.15, 0.2) is 0 Å². The van der Waals surface area contributed by atoms with E-state index in [1.807, 2.05) is 19.9 Å². The van der Waals surface area contributed by atoms with E-state index in [9.17, 15) is 8.42 Å². The molecule has 0 amide bonds. The molecule has 0 N–H and O–H groups in total. The van der Waals surface area contributed by atoms with Crippen LogP contribution in [-0.2, 0) is 21.2 Å². The van der Waals surface area contributed by atoms with E-state index < -0.39 is 10.0 Å². The summed E-state index contributed by atoms with van der Waals surface area (Å²) in [4.78, 5) is 1.000. The van der Waals surface area contributed by atoms with Gasteiger partial charge < -0.3 is 4.74 Å². The van der Waals surface area contributed by atoms with Crippen molar-refractivity contribution in [3.63, 3.8) is 0 Å². The maximum absolute atomic E-state index is 12.9. The number of thiophene rings is 1. The van der Waals surface area contributed by atoms with E-state index in [0.717, 1.165) is 17.7 Å². The number of hydrogen-bond acceptors (Lipinski definition) is 4. The Morgan fingerprint density at radius 2 is 2.00 bits per heavy atom. The minimum atomic E-state index is -3.47. The van der Waals surface area contributed by atoms with Crippen LogP contribution >= 0.6 is 22.9 Å². The van der Waals surface area contributed by atoms with Crippen molar-refractivity contribution in [3.05, 3.63) is 17.0 Å². The molecule has 21 heavy (non-hydrogen) atoms. The molecule has 0 saturated heterocycles. The van der Waals surface area contributed by atoms with Crippen molar-refractivity contribution in [1.29, 1.82) is 0 Å². The van der Waals surface area contributed by atoms with Crippen LogP contribution in [0.4, 0.5) is 0 Å². The second-order valence-electron chi connectivity index (χ2n) is 4.74. The monoisotopic (exact) mass is 353 g/mol. The molecule has 0 atom stereocenters. The average Bonchev–Trinajstić information content (AvgIpc) is 2.93. The van der Waals surface area contributed by atoms with Crippen LogP contribution in [0.5, 0.6) is 0 Å². The summed E-state index contributed by atoms with van der Waals surface area (Å²) < 4.78 is 32.8. The van der Waals surface area contributed by atoms with Crippen LogP contribution < -0.4 is 0 Å². The Morgan fingerprint density at radius 3 is 2.52 bits per heavy atom. The summed E-state index contributed by atoms with van der Waals surface area (Å²) in [6, 6.07) is 3.54. The van der Waals surface area contributed by atoms with Crippen LogP contribution in [0.15, 0.2) is 16.3 Å². The molecule has 122 valence electrons. The molecule has 0 aliphatic carbocycles. The topological polar surface area (TPSA) is 46.6 Å². The van der Waals surface area contributed by atoms with Gasteiger partial charge in [-0.3, -0.25) is 0 Å². The number of hydrogen-bond donors (Lipinski definition) is 0. The van der Waals surface area contributed by atoms with Crippen molar-refractivity contribution in [2.45, 2.75) is 43.4 Å². The lowest BCUT2D eigenvalue weighted by atomic mass is 10.2. The molecule has 1 rings (SSSR count). The molecule has 4 nitrogen and oxygen atoms in total. The first-order valence-electron chi connectivity index (χ1n) is 7.16. The van der Waals surface area contributed by atoms with Gasteiger partial charge in [0.2, 0.25) is 0 Å². The van der Waals surface area contributed by atoms with Crippen LogP contribution in [-0.4, -0.2) is 44.9 Å². The smallest absolute Gasteiger partial charge is 0.252 e. The number of ether oxygens (including phenoxy) is 1. The largest absolute Gasteiger partial charge is 0.383 e. The zero-order valence-electron chi connectivity index (χ0n) is 12.8. The molecule has 0 unspecified atom stereocenters. The van der Waals surface area contributed by atoms with E-state index in [4.69, 9.17) is 16.3 Å². The van der Waals surface area contributed by atoms with Gasteiger partial charge in [0.05, 0.1) is 6.61 Å². The number of halogens is 1. The normalized spacial score (nSPS) is 12.5. The van der Waals surface area contributed by atoms with Gasteiger partial charge in [0.1, 0.15) is 4.21 Å². The van der Waals surface area contributed by atoms with Crippen molar-refractivity contribution in [1.82, 2.24) is 4.31 Å². The summed E-state index contributed by atoms with van der Waals surface area (Å²) in [6.45, 7) is 4.80. The highest BCUT2D eigenvalue weighted by Gasteiger charge is 2.30. The van der Waals surface area contributed by atoms with Gasteiger partial charge in [-0.1, -0.05) is 13.8 Å². The molecule has 0 saturated carbocycles. The van der Waals surface area contributed by atoms with Crippen LogP contribution in [0.25, 0.3) is 0 Å². The predicted octanol–water partition coefficient (Wildman–Crippen LogP) is 3.36. The maximum atomic E-state index is 12.9. The third-order valence-corrected chi connectivity index (χ3v) is 7.16. The lowest BCUT2D eigenvalue weighted by Gasteiger charge is -2.28. The van der Waals surface area contributed by atoms with Crippen LogP contribution in [0.1, 0.15) is 31.6 Å². The van der Waals surface area contributed by atoms with Gasteiger partial charge in [-0.2, -0.15) is 4.31 Å². The minimum Gasteiger partial charge on any atom is -0.383 e. The highest BCUT2D eigenvalue weighted by atomic mass is 35.5. The fourth-order valence-electron chi connectivity index (χ4n) is 2.22. The Bertz CT molecular complexity index is 512. The molecule has 1 heterocycles. The van der Waals surface area contributed by atoms with Gasteiger partial charge in [0.25, 0.3) is 10.0 Å². The number of methoxy groups -OCH3 is 1. The third kappa shape index (κ3) is 4.93. The first kappa shape index (κ1) is 18.9. The summed E-state index contributed by atoms with van der Waals surface area (Å²) in [6.07, 6.45) is 2.28. The SMILES string of the molecule is CCC(CC)N(CCOC)S(=O)(=O)c1ccc(CCCl)s1. The second-order valence-corrected chi connectivity index (χ2v) is 8.40. The summed E-state index contributed by atoms with van der Waals surface area (Å²) in [5, 5.41) is 0. The quantitative estimate of drug-likeness (QED) is 0.606. The summed E-state index contributed by atoms with van der Waals surface area (Å²) >= 11 is 7.03. The number of nitrogens with zero attached hydrogens (tertiary/aromatic N) is 1. The molecule has 7 heteroatoms. The lowest BCUT2D eigenvalue weighted by Crippen LogP contribution is -2.41. The molecule has 1 aromatic rings. The molecule has 0 spiro atoms. The highest BCUT2D eigenvalue weighted by molar-refractivity contribution is 7.91. The van der Waals surface area contributed by atoms with Gasteiger partial charge in [-0.15, -0.1) is 22.9 Å². The van der Waals surface area contributed by atoms with Gasteiger partial charge >= 0.3 is 0 Å². The molecule has 0 aliphatic heterocycles. The standard InChI is InChI=1S/C14H24ClNO3S2/c1-4-12(5-2)16(10-11-19-3)21(17,18)14-7-6-13(20-14)8-9-15/h6-7,12H,4-5,8-11H2,1-3H3. The van der Waals surface area contributed by atoms with Gasteiger partial charge in [-0.25, -0.2) is 8.42 Å². The summed E-state index contributed by atoms with van der Waals surface area (Å²) in [5.41, 5.74) is 0. The Kier molecular flexibility index (Phi) is 8.19. The number of alkyl halides is 1. The molecule has 0 aliphatic rings. The molecule has 0 aromatic carbocycles. The zero-order valence-corrected chi connectivity index (χ0v) is 15.2. The third-order valence-electron chi connectivity index (χ3n) is 3.41. The van der Waals surface area contributed by atoms with E-state index in [1.165, 1.54) is 11.3 Å². The second kappa shape index (κ2) is 9.10. The van der Waals surface area contributed by atoms with E-state index in [0.29, 0.717) is 29.7 Å². The van der Waals surface area contributed by atoms with E-state index in [1.54, 1.807) is 17.5 Å². The maximum Gasteiger partial charge on any atom is 0.252 e. The van der Waals surface area contributed by atoms with Crippen molar-refractivity contribution < 1.29 is 13.2 Å². The minimum absolute atomic E-state index is 0.00345. The van der Waals surface area contributed by atoms with Crippen LogP contribution in [0.2, 0.25) is 0 Å². The van der Waals surface area contributed by atoms with Crippen molar-refractivity contribution in [2.24, 2.45) is 0 Å². The average molecular weight is 354 g/mol. The van der Waals surface area contributed by atoms with Crippen molar-refractivity contribution in [2.75, 3.05) is 26.1 Å². The summed E-state index contributed by atoms with van der Waals surface area (Å²) in [7, 11) is -1.88. The fraction of sp³-hybridized carbons (Fsp3) is 0.714. The van der Waals surface area contributed by atoms with Crippen LogP contribution in [0, 0.1) is 0 Å². The molecular formula is C14H24ClNO3S2. The predicted molar refractivity (Wildman–Crippen MR) is 88.9 cm³/mol. The number of sulfonamides is 1. The fourth-order valence-corrected chi connectivity index (χ4v) is 5.77. The van der Waals surface area contributed by atoms with Gasteiger partial charge in [-0.05, 0) is 31.4 Å². The molecule has 0 bridgehead atoms. The Labute approximate surface area is 137 Å². The summed E-state index contributed by atoms with van der Waals surface area (Å²) in [5.74, 6) is 0.500. The Hall–Kier alpha value is -0.140. The lowest BCUT2D eigenvalue weighted by molar-refractivity contribution is 0.163. The molecule has 0 fully saturated rings. The van der Waals surface area contributed by atoms with Crippen LogP contribution in [0.3, 0.4) is 0 Å². The van der Waals surface area contributed by atoms with E-state index in [-0.39, 0.29) is 6.04 Å².